The van der Waals surface area contributed by atoms with Crippen LogP contribution in [0.15, 0.2) is 12.1 Å². The van der Waals surface area contributed by atoms with E-state index in [0.717, 1.165) is 62.0 Å². The predicted molar refractivity (Wildman–Crippen MR) is 104 cm³/mol. The minimum atomic E-state index is -0.751. The molecule has 4 heteroatoms. The largest absolute Gasteiger partial charge is 0.507 e. The number of amides is 1. The molecular weight excluding hydrogens is 338 g/mol. The van der Waals surface area contributed by atoms with Crippen molar-refractivity contribution in [2.45, 2.75) is 81.6 Å². The molecule has 2 unspecified atom stereocenters. The standard InChI is InChI=1S/C23H31NO3/c24-21(26)17-7-6-16-13-18-15(12-14-4-3-5-14)8-11-22(19(16)20(17)25)9-1-2-10-23(18,22)27/h6-7,14-15,18,25,27H,1-5,8-13H2,(H2,24,26)/t15?,18-,22?,23+/m0/s1. The highest BCUT2D eigenvalue weighted by Gasteiger charge is 2.64. The molecule has 0 saturated heterocycles. The molecule has 4 aliphatic carbocycles. The Bertz CT molecular complexity index is 786. The van der Waals surface area contributed by atoms with Gasteiger partial charge in [-0.25, -0.2) is 0 Å². The average molecular weight is 370 g/mol. The molecule has 146 valence electrons. The van der Waals surface area contributed by atoms with Crippen molar-refractivity contribution in [3.8, 4) is 5.75 Å². The molecule has 0 spiro atoms. The molecule has 27 heavy (non-hydrogen) atoms. The maximum Gasteiger partial charge on any atom is 0.252 e. The van der Waals surface area contributed by atoms with Gasteiger partial charge in [0.2, 0.25) is 0 Å². The van der Waals surface area contributed by atoms with Gasteiger partial charge in [-0.1, -0.05) is 38.2 Å². The predicted octanol–water partition coefficient (Wildman–Crippen LogP) is 3.81. The molecule has 0 heterocycles. The van der Waals surface area contributed by atoms with Crippen LogP contribution < -0.4 is 5.73 Å². The molecule has 4 N–H and O–H groups in total. The quantitative estimate of drug-likeness (QED) is 0.757. The van der Waals surface area contributed by atoms with Crippen molar-refractivity contribution in [3.63, 3.8) is 0 Å². The van der Waals surface area contributed by atoms with E-state index in [9.17, 15) is 15.0 Å². The lowest BCUT2D eigenvalue weighted by Crippen LogP contribution is -2.65. The number of benzene rings is 1. The second-order valence-corrected chi connectivity index (χ2v) is 9.72. The minimum Gasteiger partial charge on any atom is -0.507 e. The summed E-state index contributed by atoms with van der Waals surface area (Å²) in [7, 11) is 0. The molecule has 5 rings (SSSR count). The van der Waals surface area contributed by atoms with E-state index >= 15 is 0 Å². The number of aromatic hydroxyl groups is 1. The minimum absolute atomic E-state index is 0.0382. The fraction of sp³-hybridized carbons (Fsp3) is 0.696. The molecule has 1 amide bonds. The van der Waals surface area contributed by atoms with E-state index in [-0.39, 0.29) is 17.2 Å². The van der Waals surface area contributed by atoms with Crippen molar-refractivity contribution in [3.05, 3.63) is 28.8 Å². The Labute approximate surface area is 161 Å². The van der Waals surface area contributed by atoms with Crippen LogP contribution in [0.2, 0.25) is 0 Å². The highest BCUT2D eigenvalue weighted by Crippen LogP contribution is 2.65. The van der Waals surface area contributed by atoms with Crippen molar-refractivity contribution < 1.29 is 15.0 Å². The average Bonchev–Trinajstić information content (AvgIpc) is 2.58. The summed E-state index contributed by atoms with van der Waals surface area (Å²) in [6, 6.07) is 3.67. The number of nitrogens with two attached hydrogens (primary N) is 1. The molecule has 0 aliphatic heterocycles. The Kier molecular flexibility index (Phi) is 3.88. The maximum atomic E-state index is 12.1. The van der Waals surface area contributed by atoms with Crippen LogP contribution >= 0.6 is 0 Å². The second kappa shape index (κ2) is 5.97. The number of rotatable bonds is 3. The molecule has 1 aromatic rings. The summed E-state index contributed by atoms with van der Waals surface area (Å²) in [4.78, 5) is 11.8. The molecule has 4 nitrogen and oxygen atoms in total. The van der Waals surface area contributed by atoms with Crippen LogP contribution in [0.1, 0.15) is 85.7 Å². The topological polar surface area (TPSA) is 83.6 Å². The zero-order valence-corrected chi connectivity index (χ0v) is 16.0. The fourth-order valence-corrected chi connectivity index (χ4v) is 7.20. The molecule has 2 bridgehead atoms. The molecule has 1 aromatic carbocycles. The maximum absolute atomic E-state index is 12.1. The van der Waals surface area contributed by atoms with E-state index in [0.29, 0.717) is 5.92 Å². The van der Waals surface area contributed by atoms with Gasteiger partial charge in [-0.2, -0.15) is 0 Å². The van der Waals surface area contributed by atoms with Gasteiger partial charge in [0.1, 0.15) is 5.75 Å². The summed E-state index contributed by atoms with van der Waals surface area (Å²) < 4.78 is 0. The third-order valence-electron chi connectivity index (χ3n) is 8.67. The van der Waals surface area contributed by atoms with E-state index < -0.39 is 16.9 Å². The number of hydrogen-bond acceptors (Lipinski definition) is 3. The first-order chi connectivity index (χ1) is 13.0. The van der Waals surface area contributed by atoms with E-state index in [2.05, 4.69) is 0 Å². The van der Waals surface area contributed by atoms with Gasteiger partial charge in [0, 0.05) is 11.0 Å². The highest BCUT2D eigenvalue weighted by atomic mass is 16.3. The monoisotopic (exact) mass is 369 g/mol. The van der Waals surface area contributed by atoms with Crippen LogP contribution in [-0.4, -0.2) is 21.7 Å². The summed E-state index contributed by atoms with van der Waals surface area (Å²) in [5, 5.41) is 23.1. The van der Waals surface area contributed by atoms with Gasteiger partial charge in [-0.05, 0) is 67.9 Å². The second-order valence-electron chi connectivity index (χ2n) is 9.72. The number of phenols is 1. The molecule has 0 aromatic heterocycles. The van der Waals surface area contributed by atoms with Gasteiger partial charge in [-0.3, -0.25) is 4.79 Å². The third kappa shape index (κ3) is 2.28. The Hall–Kier alpha value is -1.55. The SMILES string of the molecule is NC(=O)c1ccc2c(c1O)C13CCCC[C@@]1(O)[C@@H](C2)C(CC1CCC1)CC3. The lowest BCUT2D eigenvalue weighted by atomic mass is 9.43. The first-order valence-corrected chi connectivity index (χ1v) is 10.8. The van der Waals surface area contributed by atoms with E-state index in [1.54, 1.807) is 6.07 Å². The van der Waals surface area contributed by atoms with Crippen LogP contribution in [0.4, 0.5) is 0 Å². The number of hydrogen-bond donors (Lipinski definition) is 3. The molecule has 0 radical (unpaired) electrons. The highest BCUT2D eigenvalue weighted by molar-refractivity contribution is 5.96. The number of fused-ring (bicyclic) bond motifs is 1. The van der Waals surface area contributed by atoms with Gasteiger partial charge >= 0.3 is 0 Å². The number of carbonyl (C=O) groups is 1. The summed E-state index contributed by atoms with van der Waals surface area (Å²) in [6.45, 7) is 0. The lowest BCUT2D eigenvalue weighted by molar-refractivity contribution is -0.168. The van der Waals surface area contributed by atoms with Crippen LogP contribution in [0.5, 0.6) is 5.75 Å². The lowest BCUT2D eigenvalue weighted by Gasteiger charge is -2.63. The first-order valence-electron chi connectivity index (χ1n) is 10.8. The Balaban J connectivity index is 1.64. The van der Waals surface area contributed by atoms with Crippen molar-refractivity contribution in [2.24, 2.45) is 23.5 Å². The molecule has 3 fully saturated rings. The summed E-state index contributed by atoms with van der Waals surface area (Å²) in [5.41, 5.74) is 6.53. The molecule has 3 saturated carbocycles. The fourth-order valence-electron chi connectivity index (χ4n) is 7.20. The van der Waals surface area contributed by atoms with E-state index in [1.165, 1.54) is 25.7 Å². The van der Waals surface area contributed by atoms with Crippen LogP contribution in [0.25, 0.3) is 0 Å². The smallest absolute Gasteiger partial charge is 0.252 e. The first kappa shape index (κ1) is 17.5. The Morgan fingerprint density at radius 2 is 1.89 bits per heavy atom. The summed E-state index contributed by atoms with van der Waals surface area (Å²) >= 11 is 0. The zero-order valence-electron chi connectivity index (χ0n) is 16.0. The van der Waals surface area contributed by atoms with Gasteiger partial charge in [-0.15, -0.1) is 0 Å². The van der Waals surface area contributed by atoms with Crippen LogP contribution in [-0.2, 0) is 11.8 Å². The van der Waals surface area contributed by atoms with Crippen molar-refractivity contribution in [2.75, 3.05) is 0 Å². The van der Waals surface area contributed by atoms with Gasteiger partial charge in [0.05, 0.1) is 11.2 Å². The van der Waals surface area contributed by atoms with Gasteiger partial charge < -0.3 is 15.9 Å². The van der Waals surface area contributed by atoms with E-state index in [1.807, 2.05) is 6.07 Å². The number of aliphatic hydroxyl groups is 1. The molecule has 4 aliphatic rings. The number of carbonyl (C=O) groups excluding carboxylic acids is 1. The summed E-state index contributed by atoms with van der Waals surface area (Å²) in [5.74, 6) is 1.15. The van der Waals surface area contributed by atoms with Crippen LogP contribution in [0.3, 0.4) is 0 Å². The van der Waals surface area contributed by atoms with Gasteiger partial charge in [0.25, 0.3) is 5.91 Å². The van der Waals surface area contributed by atoms with Crippen LogP contribution in [0, 0.1) is 17.8 Å². The number of primary amides is 1. The Morgan fingerprint density at radius 3 is 2.59 bits per heavy atom. The molecule has 4 atom stereocenters. The van der Waals surface area contributed by atoms with E-state index in [4.69, 9.17) is 5.73 Å². The van der Waals surface area contributed by atoms with Crippen molar-refractivity contribution in [1.82, 2.24) is 0 Å². The summed E-state index contributed by atoms with van der Waals surface area (Å²) in [6.07, 6.45) is 12.0. The molecular formula is C23H31NO3. The Morgan fingerprint density at radius 1 is 1.11 bits per heavy atom. The van der Waals surface area contributed by atoms with Crippen molar-refractivity contribution in [1.29, 1.82) is 0 Å². The van der Waals surface area contributed by atoms with Gasteiger partial charge in [0.15, 0.2) is 0 Å². The normalized spacial score (nSPS) is 37.8. The zero-order chi connectivity index (χ0) is 18.8. The third-order valence-corrected chi connectivity index (χ3v) is 8.67. The van der Waals surface area contributed by atoms with Crippen molar-refractivity contribution >= 4 is 5.91 Å².